The van der Waals surface area contributed by atoms with Gasteiger partial charge in [0.15, 0.2) is 0 Å². The molecule has 0 aromatic heterocycles. The summed E-state index contributed by atoms with van der Waals surface area (Å²) >= 11 is 0. The Balaban J connectivity index is 2.57. The molecule has 0 aliphatic rings. The molecule has 0 saturated carbocycles. The highest BCUT2D eigenvalue weighted by molar-refractivity contribution is 5.81. The lowest BCUT2D eigenvalue weighted by Crippen LogP contribution is -2.42. The van der Waals surface area contributed by atoms with E-state index < -0.39 is 11.6 Å². The highest BCUT2D eigenvalue weighted by Gasteiger charge is 2.15. The molecule has 1 unspecified atom stereocenters. The Bertz CT molecular complexity index is 403. The number of benzene rings is 1. The zero-order valence-electron chi connectivity index (χ0n) is 10.8. The van der Waals surface area contributed by atoms with Crippen LogP contribution in [0.5, 0.6) is 0 Å². The number of nitrogens with one attached hydrogen (secondary N) is 1. The summed E-state index contributed by atoms with van der Waals surface area (Å²) in [6.45, 7) is 4.48. The molecule has 1 aromatic carbocycles. The zero-order valence-corrected chi connectivity index (χ0v) is 10.8. The third kappa shape index (κ3) is 4.07. The Hall–Kier alpha value is -1.49. The summed E-state index contributed by atoms with van der Waals surface area (Å²) in [4.78, 5) is 13.3. The highest BCUT2D eigenvalue weighted by atomic mass is 19.1. The van der Waals surface area contributed by atoms with Gasteiger partial charge in [-0.05, 0) is 31.5 Å². The van der Waals surface area contributed by atoms with Gasteiger partial charge in [0.05, 0.1) is 6.04 Å². The van der Waals surface area contributed by atoms with E-state index in [0.717, 1.165) is 6.07 Å². The molecule has 0 bridgehead atoms. The maximum Gasteiger partial charge on any atom is 0.239 e. The number of carbonyl (C=O) groups is 1. The lowest BCUT2D eigenvalue weighted by molar-refractivity contribution is -0.131. The lowest BCUT2D eigenvalue weighted by atomic mass is 10.2. The quantitative estimate of drug-likeness (QED) is 0.873. The summed E-state index contributed by atoms with van der Waals surface area (Å²) < 4.78 is 25.9. The molecule has 5 heteroatoms. The summed E-state index contributed by atoms with van der Waals surface area (Å²) in [6.07, 6.45) is 0. The monoisotopic (exact) mass is 256 g/mol. The largest absolute Gasteiger partial charge is 0.345 e. The predicted octanol–water partition coefficient (Wildman–Crippen LogP) is 1.92. The van der Waals surface area contributed by atoms with Crippen molar-refractivity contribution in [3.8, 4) is 0 Å². The van der Waals surface area contributed by atoms with Crippen molar-refractivity contribution in [2.45, 2.75) is 26.4 Å². The van der Waals surface area contributed by atoms with Crippen LogP contribution in [-0.2, 0) is 11.3 Å². The topological polar surface area (TPSA) is 32.3 Å². The number of hydrogen-bond donors (Lipinski definition) is 1. The summed E-state index contributed by atoms with van der Waals surface area (Å²) in [5, 5.41) is 2.94. The van der Waals surface area contributed by atoms with Crippen LogP contribution in [0.25, 0.3) is 0 Å². The fraction of sp³-hybridized carbons (Fsp3) is 0.462. The Labute approximate surface area is 106 Å². The van der Waals surface area contributed by atoms with Crippen molar-refractivity contribution >= 4 is 5.91 Å². The average Bonchev–Trinajstić information content (AvgIpc) is 2.32. The first-order chi connectivity index (χ1) is 8.43. The molecule has 1 amide bonds. The van der Waals surface area contributed by atoms with E-state index in [1.807, 2.05) is 6.92 Å². The van der Waals surface area contributed by atoms with E-state index in [0.29, 0.717) is 12.1 Å². The van der Waals surface area contributed by atoms with Crippen molar-refractivity contribution in [3.05, 3.63) is 35.4 Å². The second-order valence-electron chi connectivity index (χ2n) is 4.23. The van der Waals surface area contributed by atoms with Crippen molar-refractivity contribution in [1.82, 2.24) is 10.2 Å². The van der Waals surface area contributed by atoms with Crippen LogP contribution in [0.2, 0.25) is 0 Å². The van der Waals surface area contributed by atoms with Crippen LogP contribution in [-0.4, -0.2) is 30.4 Å². The molecule has 1 N–H and O–H groups in total. The van der Waals surface area contributed by atoms with Gasteiger partial charge >= 0.3 is 0 Å². The van der Waals surface area contributed by atoms with Gasteiger partial charge in [-0.1, -0.05) is 0 Å². The smallest absolute Gasteiger partial charge is 0.239 e. The number of hydrogen-bond acceptors (Lipinski definition) is 2. The molecule has 0 aliphatic carbocycles. The molecule has 0 radical (unpaired) electrons. The Morgan fingerprint density at radius 3 is 2.39 bits per heavy atom. The lowest BCUT2D eigenvalue weighted by Gasteiger charge is -2.20. The van der Waals surface area contributed by atoms with Gasteiger partial charge < -0.3 is 10.2 Å². The van der Waals surface area contributed by atoms with Crippen LogP contribution >= 0.6 is 0 Å². The molecule has 0 saturated heterocycles. The third-order valence-electron chi connectivity index (χ3n) is 2.76. The summed E-state index contributed by atoms with van der Waals surface area (Å²) in [5.74, 6) is -1.28. The van der Waals surface area contributed by atoms with Crippen LogP contribution in [0.4, 0.5) is 8.78 Å². The van der Waals surface area contributed by atoms with E-state index >= 15 is 0 Å². The van der Waals surface area contributed by atoms with Gasteiger partial charge in [-0.25, -0.2) is 8.78 Å². The standard InChI is InChI=1S/C13H18F2N2O/c1-4-17(3)13(18)9(2)16-8-10-5-11(14)7-12(15)6-10/h5-7,9,16H,4,8H2,1-3H3. The van der Waals surface area contributed by atoms with Crippen LogP contribution < -0.4 is 5.32 Å². The van der Waals surface area contributed by atoms with E-state index in [1.165, 1.54) is 12.1 Å². The van der Waals surface area contributed by atoms with Crippen molar-refractivity contribution in [2.24, 2.45) is 0 Å². The fourth-order valence-corrected chi connectivity index (χ4v) is 1.56. The first-order valence-corrected chi connectivity index (χ1v) is 5.87. The summed E-state index contributed by atoms with van der Waals surface area (Å²) in [7, 11) is 1.71. The molecule has 1 rings (SSSR count). The van der Waals surface area contributed by atoms with Gasteiger partial charge in [-0.2, -0.15) is 0 Å². The van der Waals surface area contributed by atoms with E-state index in [2.05, 4.69) is 5.32 Å². The second kappa shape index (κ2) is 6.44. The molecule has 0 fully saturated rings. The van der Waals surface area contributed by atoms with Crippen LogP contribution in [0.3, 0.4) is 0 Å². The number of carbonyl (C=O) groups excluding carboxylic acids is 1. The Morgan fingerprint density at radius 2 is 1.89 bits per heavy atom. The van der Waals surface area contributed by atoms with Crippen molar-refractivity contribution in [3.63, 3.8) is 0 Å². The Kier molecular flexibility index (Phi) is 5.22. The molecular formula is C13H18F2N2O. The second-order valence-corrected chi connectivity index (χ2v) is 4.23. The molecule has 18 heavy (non-hydrogen) atoms. The van der Waals surface area contributed by atoms with E-state index in [9.17, 15) is 13.6 Å². The van der Waals surface area contributed by atoms with Gasteiger partial charge in [0.25, 0.3) is 0 Å². The molecule has 0 spiro atoms. The minimum atomic E-state index is -0.614. The van der Waals surface area contributed by atoms with E-state index in [-0.39, 0.29) is 18.5 Å². The SMILES string of the molecule is CCN(C)C(=O)C(C)NCc1cc(F)cc(F)c1. The maximum atomic E-state index is 13.0. The van der Waals surface area contributed by atoms with Crippen molar-refractivity contribution in [1.29, 1.82) is 0 Å². The zero-order chi connectivity index (χ0) is 13.7. The molecule has 100 valence electrons. The van der Waals surface area contributed by atoms with Gasteiger partial charge in [0.2, 0.25) is 5.91 Å². The first kappa shape index (κ1) is 14.6. The van der Waals surface area contributed by atoms with Gasteiger partial charge in [-0.15, -0.1) is 0 Å². The number of amides is 1. The van der Waals surface area contributed by atoms with Crippen molar-refractivity contribution in [2.75, 3.05) is 13.6 Å². The third-order valence-corrected chi connectivity index (χ3v) is 2.76. The molecule has 1 aromatic rings. The summed E-state index contributed by atoms with van der Waals surface area (Å²) in [6, 6.07) is 2.93. The van der Waals surface area contributed by atoms with Crippen molar-refractivity contribution < 1.29 is 13.6 Å². The molecule has 1 atom stereocenters. The molecule has 0 aliphatic heterocycles. The van der Waals surface area contributed by atoms with E-state index in [4.69, 9.17) is 0 Å². The number of nitrogens with zero attached hydrogens (tertiary/aromatic N) is 1. The van der Waals surface area contributed by atoms with E-state index in [1.54, 1.807) is 18.9 Å². The fourth-order valence-electron chi connectivity index (χ4n) is 1.56. The molecular weight excluding hydrogens is 238 g/mol. The van der Waals surface area contributed by atoms with Gasteiger partial charge in [0, 0.05) is 26.2 Å². The molecule has 0 heterocycles. The Morgan fingerprint density at radius 1 is 1.33 bits per heavy atom. The normalized spacial score (nSPS) is 12.3. The maximum absolute atomic E-state index is 13.0. The predicted molar refractivity (Wildman–Crippen MR) is 66.0 cm³/mol. The number of likely N-dealkylation sites (N-methyl/N-ethyl adjacent to an activating group) is 1. The minimum Gasteiger partial charge on any atom is -0.345 e. The van der Waals surface area contributed by atoms with Crippen LogP contribution in [0.15, 0.2) is 18.2 Å². The first-order valence-electron chi connectivity index (χ1n) is 5.87. The number of rotatable bonds is 5. The molecule has 3 nitrogen and oxygen atoms in total. The highest BCUT2D eigenvalue weighted by Crippen LogP contribution is 2.08. The minimum absolute atomic E-state index is 0.0469. The number of halogens is 2. The van der Waals surface area contributed by atoms with Gasteiger partial charge in [0.1, 0.15) is 11.6 Å². The van der Waals surface area contributed by atoms with Crippen LogP contribution in [0, 0.1) is 11.6 Å². The van der Waals surface area contributed by atoms with Crippen LogP contribution in [0.1, 0.15) is 19.4 Å². The van der Waals surface area contributed by atoms with Gasteiger partial charge in [-0.3, -0.25) is 4.79 Å². The summed E-state index contributed by atoms with van der Waals surface area (Å²) in [5.41, 5.74) is 0.478. The average molecular weight is 256 g/mol.